The predicted octanol–water partition coefficient (Wildman–Crippen LogP) is -0.157. The van der Waals surface area contributed by atoms with Crippen LogP contribution in [0.5, 0.6) is 0 Å². The third-order valence-corrected chi connectivity index (χ3v) is 2.14. The molecule has 0 radical (unpaired) electrons. The quantitative estimate of drug-likeness (QED) is 0.644. The van der Waals surface area contributed by atoms with Gasteiger partial charge in [-0.1, -0.05) is 0 Å². The van der Waals surface area contributed by atoms with Crippen LogP contribution in [0.4, 0.5) is 0 Å². The molecule has 0 aromatic rings. The third-order valence-electron chi connectivity index (χ3n) is 2.14. The standard InChI is InChI=1S/C9H15NO4/c1-6(9(12)13-2)10-8(11)7-4-3-5-14-7/h6-7H,3-5H2,1-2H3,(H,10,11). The molecule has 0 saturated carbocycles. The Kier molecular flexibility index (Phi) is 3.88. The Morgan fingerprint density at radius 1 is 1.57 bits per heavy atom. The molecule has 1 N–H and O–H groups in total. The Morgan fingerprint density at radius 3 is 2.79 bits per heavy atom. The number of hydrogen-bond donors (Lipinski definition) is 1. The molecule has 1 saturated heterocycles. The number of ether oxygens (including phenoxy) is 2. The molecule has 0 bridgehead atoms. The zero-order valence-corrected chi connectivity index (χ0v) is 8.41. The molecule has 0 aromatic carbocycles. The van der Waals surface area contributed by atoms with E-state index in [4.69, 9.17) is 4.74 Å². The van der Waals surface area contributed by atoms with E-state index in [1.807, 2.05) is 0 Å². The maximum Gasteiger partial charge on any atom is 0.328 e. The van der Waals surface area contributed by atoms with Crippen LogP contribution in [0.25, 0.3) is 0 Å². The predicted molar refractivity (Wildman–Crippen MR) is 48.6 cm³/mol. The van der Waals surface area contributed by atoms with Crippen LogP contribution in [0.2, 0.25) is 0 Å². The van der Waals surface area contributed by atoms with Crippen molar-refractivity contribution in [2.45, 2.75) is 31.9 Å². The average Bonchev–Trinajstić information content (AvgIpc) is 2.69. The van der Waals surface area contributed by atoms with E-state index in [2.05, 4.69) is 10.1 Å². The molecule has 1 heterocycles. The number of methoxy groups -OCH3 is 1. The summed E-state index contributed by atoms with van der Waals surface area (Å²) in [6.07, 6.45) is 1.21. The molecule has 0 aromatic heterocycles. The molecule has 5 nitrogen and oxygen atoms in total. The van der Waals surface area contributed by atoms with E-state index in [0.717, 1.165) is 12.8 Å². The van der Waals surface area contributed by atoms with Crippen molar-refractivity contribution < 1.29 is 19.1 Å². The highest BCUT2D eigenvalue weighted by atomic mass is 16.5. The van der Waals surface area contributed by atoms with Crippen LogP contribution in [-0.2, 0) is 19.1 Å². The van der Waals surface area contributed by atoms with Crippen molar-refractivity contribution >= 4 is 11.9 Å². The molecular weight excluding hydrogens is 186 g/mol. The minimum Gasteiger partial charge on any atom is -0.467 e. The fraction of sp³-hybridized carbons (Fsp3) is 0.778. The molecule has 2 atom stereocenters. The zero-order valence-electron chi connectivity index (χ0n) is 8.41. The average molecular weight is 201 g/mol. The van der Waals surface area contributed by atoms with Gasteiger partial charge in [-0.3, -0.25) is 4.79 Å². The zero-order chi connectivity index (χ0) is 10.6. The fourth-order valence-electron chi connectivity index (χ4n) is 1.33. The second-order valence-corrected chi connectivity index (χ2v) is 3.26. The van der Waals surface area contributed by atoms with Crippen LogP contribution >= 0.6 is 0 Å². The van der Waals surface area contributed by atoms with E-state index in [9.17, 15) is 9.59 Å². The summed E-state index contributed by atoms with van der Waals surface area (Å²) in [5.41, 5.74) is 0. The van der Waals surface area contributed by atoms with Gasteiger partial charge in [0.2, 0.25) is 5.91 Å². The summed E-state index contributed by atoms with van der Waals surface area (Å²) in [6.45, 7) is 2.20. The van der Waals surface area contributed by atoms with Crippen molar-refractivity contribution in [3.05, 3.63) is 0 Å². The third kappa shape index (κ3) is 2.70. The first-order chi connectivity index (χ1) is 6.65. The van der Waals surface area contributed by atoms with Crippen molar-refractivity contribution in [1.29, 1.82) is 0 Å². The number of nitrogens with one attached hydrogen (secondary N) is 1. The molecule has 1 fully saturated rings. The van der Waals surface area contributed by atoms with Gasteiger partial charge in [-0.05, 0) is 19.8 Å². The van der Waals surface area contributed by atoms with Gasteiger partial charge >= 0.3 is 5.97 Å². The Bertz CT molecular complexity index is 223. The molecule has 5 heteroatoms. The number of rotatable bonds is 3. The van der Waals surface area contributed by atoms with Gasteiger partial charge in [0.15, 0.2) is 0 Å². The summed E-state index contributed by atoms with van der Waals surface area (Å²) in [5.74, 6) is -0.684. The molecule has 0 spiro atoms. The molecule has 0 aliphatic carbocycles. The van der Waals surface area contributed by atoms with E-state index in [1.54, 1.807) is 6.92 Å². The van der Waals surface area contributed by atoms with Crippen LogP contribution in [0, 0.1) is 0 Å². The van der Waals surface area contributed by atoms with Crippen LogP contribution in [0.1, 0.15) is 19.8 Å². The number of carbonyl (C=O) groups is 2. The highest BCUT2D eigenvalue weighted by Gasteiger charge is 2.26. The summed E-state index contributed by atoms with van der Waals surface area (Å²) >= 11 is 0. The summed E-state index contributed by atoms with van der Waals surface area (Å²) in [7, 11) is 1.29. The largest absolute Gasteiger partial charge is 0.467 e. The number of hydrogen-bond acceptors (Lipinski definition) is 4. The van der Waals surface area contributed by atoms with Gasteiger partial charge in [0.25, 0.3) is 0 Å². The van der Waals surface area contributed by atoms with Crippen LogP contribution < -0.4 is 5.32 Å². The summed E-state index contributed by atoms with van der Waals surface area (Å²) < 4.78 is 9.65. The molecule has 1 amide bonds. The van der Waals surface area contributed by atoms with Gasteiger partial charge in [0.1, 0.15) is 12.1 Å². The van der Waals surface area contributed by atoms with Crippen molar-refractivity contribution in [2.24, 2.45) is 0 Å². The lowest BCUT2D eigenvalue weighted by molar-refractivity contribution is -0.145. The lowest BCUT2D eigenvalue weighted by Gasteiger charge is -2.14. The van der Waals surface area contributed by atoms with Crippen molar-refractivity contribution in [1.82, 2.24) is 5.32 Å². The molecular formula is C9H15NO4. The Labute approximate surface area is 82.8 Å². The highest BCUT2D eigenvalue weighted by Crippen LogP contribution is 2.11. The maximum absolute atomic E-state index is 11.4. The Morgan fingerprint density at radius 2 is 2.29 bits per heavy atom. The van der Waals surface area contributed by atoms with Crippen LogP contribution in [-0.4, -0.2) is 37.7 Å². The van der Waals surface area contributed by atoms with E-state index >= 15 is 0 Å². The van der Waals surface area contributed by atoms with Crippen LogP contribution in [0.15, 0.2) is 0 Å². The Balaban J connectivity index is 2.35. The van der Waals surface area contributed by atoms with Gasteiger partial charge in [-0.25, -0.2) is 4.79 Å². The topological polar surface area (TPSA) is 64.6 Å². The van der Waals surface area contributed by atoms with Crippen LogP contribution in [0.3, 0.4) is 0 Å². The first-order valence-corrected chi connectivity index (χ1v) is 4.65. The highest BCUT2D eigenvalue weighted by molar-refractivity contribution is 5.86. The fourth-order valence-corrected chi connectivity index (χ4v) is 1.33. The smallest absolute Gasteiger partial charge is 0.328 e. The second-order valence-electron chi connectivity index (χ2n) is 3.26. The van der Waals surface area contributed by atoms with E-state index in [1.165, 1.54) is 7.11 Å². The second kappa shape index (κ2) is 4.95. The lowest BCUT2D eigenvalue weighted by Crippen LogP contribution is -2.44. The summed E-state index contributed by atoms with van der Waals surface area (Å²) in [6, 6.07) is -0.614. The van der Waals surface area contributed by atoms with Crippen molar-refractivity contribution in [3.8, 4) is 0 Å². The monoisotopic (exact) mass is 201 g/mol. The molecule has 2 unspecified atom stereocenters. The SMILES string of the molecule is COC(=O)C(C)NC(=O)C1CCCO1. The Hall–Kier alpha value is -1.10. The molecule has 80 valence electrons. The lowest BCUT2D eigenvalue weighted by atomic mass is 10.2. The number of amides is 1. The van der Waals surface area contributed by atoms with E-state index in [0.29, 0.717) is 6.61 Å². The summed E-state index contributed by atoms with van der Waals surface area (Å²) in [4.78, 5) is 22.4. The normalized spacial score (nSPS) is 22.9. The summed E-state index contributed by atoms with van der Waals surface area (Å²) in [5, 5.41) is 2.53. The molecule has 1 rings (SSSR count). The number of esters is 1. The van der Waals surface area contributed by atoms with Gasteiger partial charge in [-0.15, -0.1) is 0 Å². The van der Waals surface area contributed by atoms with E-state index < -0.39 is 18.1 Å². The molecule has 14 heavy (non-hydrogen) atoms. The van der Waals surface area contributed by atoms with E-state index in [-0.39, 0.29) is 5.91 Å². The van der Waals surface area contributed by atoms with Crippen molar-refractivity contribution in [2.75, 3.05) is 13.7 Å². The molecule has 1 aliphatic rings. The first-order valence-electron chi connectivity index (χ1n) is 4.65. The minimum absolute atomic E-state index is 0.236. The molecule has 1 aliphatic heterocycles. The van der Waals surface area contributed by atoms with Gasteiger partial charge < -0.3 is 14.8 Å². The number of carbonyl (C=O) groups excluding carboxylic acids is 2. The van der Waals surface area contributed by atoms with Gasteiger partial charge in [0.05, 0.1) is 7.11 Å². The van der Waals surface area contributed by atoms with Gasteiger partial charge in [-0.2, -0.15) is 0 Å². The minimum atomic E-state index is -0.614. The first kappa shape index (κ1) is 11.0. The van der Waals surface area contributed by atoms with Crippen molar-refractivity contribution in [3.63, 3.8) is 0 Å². The maximum atomic E-state index is 11.4. The van der Waals surface area contributed by atoms with Gasteiger partial charge in [0, 0.05) is 6.61 Å².